The van der Waals surface area contributed by atoms with Gasteiger partial charge in [0.05, 0.1) is 21.2 Å². The van der Waals surface area contributed by atoms with Crippen LogP contribution in [-0.4, -0.2) is 44.3 Å². The third-order valence-corrected chi connectivity index (χ3v) is 6.41. The standard InChI is InChI=1S/C19H19ClF2N2O5S/c1-3-24(4-2)30(27,28)13-6-7-15(20)14(10-13)19(26)29-11-18(25)23-17-9-12(21)5-8-16(17)22/h5-10H,3-4,11H2,1-2H3,(H,23,25). The lowest BCUT2D eigenvalue weighted by atomic mass is 10.2. The fraction of sp³-hybridized carbons (Fsp3) is 0.263. The van der Waals surface area contributed by atoms with Crippen molar-refractivity contribution < 1.29 is 31.5 Å². The lowest BCUT2D eigenvalue weighted by Crippen LogP contribution is -2.30. The molecule has 0 fully saturated rings. The first kappa shape index (κ1) is 23.7. The van der Waals surface area contributed by atoms with E-state index in [4.69, 9.17) is 16.3 Å². The molecule has 2 rings (SSSR count). The first-order valence-electron chi connectivity index (χ1n) is 8.81. The lowest BCUT2D eigenvalue weighted by molar-refractivity contribution is -0.119. The number of hydrogen-bond donors (Lipinski definition) is 1. The molecule has 0 aromatic heterocycles. The number of sulfonamides is 1. The van der Waals surface area contributed by atoms with E-state index in [1.54, 1.807) is 13.8 Å². The van der Waals surface area contributed by atoms with Gasteiger partial charge in [0.15, 0.2) is 6.61 Å². The highest BCUT2D eigenvalue weighted by Gasteiger charge is 2.24. The number of halogens is 3. The smallest absolute Gasteiger partial charge is 0.340 e. The zero-order valence-corrected chi connectivity index (χ0v) is 17.7. The molecule has 0 radical (unpaired) electrons. The van der Waals surface area contributed by atoms with Gasteiger partial charge in [0.25, 0.3) is 5.91 Å². The Hall–Kier alpha value is -2.56. The van der Waals surface area contributed by atoms with E-state index < -0.39 is 45.8 Å². The van der Waals surface area contributed by atoms with Crippen LogP contribution in [0.5, 0.6) is 0 Å². The molecule has 0 spiro atoms. The summed E-state index contributed by atoms with van der Waals surface area (Å²) in [5.74, 6) is -3.60. The number of rotatable bonds is 8. The topological polar surface area (TPSA) is 92.8 Å². The number of esters is 1. The summed E-state index contributed by atoms with van der Waals surface area (Å²) in [7, 11) is -3.84. The summed E-state index contributed by atoms with van der Waals surface area (Å²) in [6.07, 6.45) is 0. The van der Waals surface area contributed by atoms with Crippen LogP contribution in [0.4, 0.5) is 14.5 Å². The van der Waals surface area contributed by atoms with Crippen LogP contribution in [0, 0.1) is 11.6 Å². The van der Waals surface area contributed by atoms with Gasteiger partial charge in [-0.2, -0.15) is 4.31 Å². The molecule has 0 heterocycles. The first-order valence-corrected chi connectivity index (χ1v) is 10.6. The normalized spacial score (nSPS) is 11.4. The van der Waals surface area contributed by atoms with Gasteiger partial charge in [-0.1, -0.05) is 25.4 Å². The van der Waals surface area contributed by atoms with Gasteiger partial charge < -0.3 is 10.1 Å². The molecule has 0 aliphatic rings. The predicted octanol–water partition coefficient (Wildman–Crippen LogP) is 3.44. The molecule has 0 unspecified atom stereocenters. The molecule has 2 aromatic carbocycles. The minimum Gasteiger partial charge on any atom is -0.452 e. The Morgan fingerprint density at radius 3 is 2.40 bits per heavy atom. The van der Waals surface area contributed by atoms with Crippen molar-refractivity contribution in [2.45, 2.75) is 18.7 Å². The van der Waals surface area contributed by atoms with Gasteiger partial charge in [0, 0.05) is 19.2 Å². The van der Waals surface area contributed by atoms with Crippen LogP contribution in [0.1, 0.15) is 24.2 Å². The molecule has 2 aromatic rings. The summed E-state index contributed by atoms with van der Waals surface area (Å²) in [6.45, 7) is 2.99. The van der Waals surface area contributed by atoms with E-state index >= 15 is 0 Å². The molecule has 162 valence electrons. The average molecular weight is 461 g/mol. The summed E-state index contributed by atoms with van der Waals surface area (Å²) >= 11 is 5.97. The highest BCUT2D eigenvalue weighted by atomic mass is 35.5. The van der Waals surface area contributed by atoms with E-state index in [0.29, 0.717) is 0 Å². The third-order valence-electron chi connectivity index (χ3n) is 4.04. The van der Waals surface area contributed by atoms with Crippen molar-refractivity contribution in [3.63, 3.8) is 0 Å². The van der Waals surface area contributed by atoms with Gasteiger partial charge in [-0.15, -0.1) is 0 Å². The molecule has 0 aliphatic carbocycles. The maximum atomic E-state index is 13.6. The molecule has 11 heteroatoms. The summed E-state index contributed by atoms with van der Waals surface area (Å²) < 4.78 is 58.0. The van der Waals surface area contributed by atoms with E-state index in [-0.39, 0.29) is 28.6 Å². The predicted molar refractivity (Wildman–Crippen MR) is 107 cm³/mol. The molecule has 30 heavy (non-hydrogen) atoms. The Morgan fingerprint density at radius 2 is 1.77 bits per heavy atom. The molecule has 0 saturated carbocycles. The number of carbonyl (C=O) groups excluding carboxylic acids is 2. The Balaban J connectivity index is 2.13. The fourth-order valence-electron chi connectivity index (χ4n) is 2.52. The fourth-order valence-corrected chi connectivity index (χ4v) is 4.20. The van der Waals surface area contributed by atoms with Crippen molar-refractivity contribution in [1.29, 1.82) is 0 Å². The van der Waals surface area contributed by atoms with Crippen LogP contribution in [0.25, 0.3) is 0 Å². The zero-order chi connectivity index (χ0) is 22.5. The Labute approximate surface area is 177 Å². The summed E-state index contributed by atoms with van der Waals surface area (Å²) in [6, 6.07) is 6.03. The minimum atomic E-state index is -3.84. The molecule has 1 N–H and O–H groups in total. The summed E-state index contributed by atoms with van der Waals surface area (Å²) in [4.78, 5) is 24.0. The number of ether oxygens (including phenoxy) is 1. The van der Waals surface area contributed by atoms with Crippen molar-refractivity contribution in [3.8, 4) is 0 Å². The van der Waals surface area contributed by atoms with Crippen molar-refractivity contribution in [3.05, 3.63) is 58.6 Å². The van der Waals surface area contributed by atoms with Crippen LogP contribution >= 0.6 is 11.6 Å². The number of nitrogens with zero attached hydrogens (tertiary/aromatic N) is 1. The van der Waals surface area contributed by atoms with Crippen molar-refractivity contribution in [2.75, 3.05) is 25.0 Å². The summed E-state index contributed by atoms with van der Waals surface area (Å²) in [5.41, 5.74) is -0.670. The first-order chi connectivity index (χ1) is 14.1. The van der Waals surface area contributed by atoms with Gasteiger partial charge in [-0.3, -0.25) is 4.79 Å². The van der Waals surface area contributed by atoms with E-state index in [2.05, 4.69) is 5.32 Å². The molecule has 1 amide bonds. The molecule has 0 atom stereocenters. The van der Waals surface area contributed by atoms with E-state index in [1.165, 1.54) is 16.4 Å². The Kier molecular flexibility index (Phi) is 7.88. The van der Waals surface area contributed by atoms with Crippen LogP contribution in [0.2, 0.25) is 5.02 Å². The number of carbonyl (C=O) groups is 2. The maximum absolute atomic E-state index is 13.6. The number of nitrogens with one attached hydrogen (secondary N) is 1. The highest BCUT2D eigenvalue weighted by molar-refractivity contribution is 7.89. The molecule has 0 saturated heterocycles. The van der Waals surface area contributed by atoms with Crippen LogP contribution < -0.4 is 5.32 Å². The van der Waals surface area contributed by atoms with Crippen LogP contribution in [0.15, 0.2) is 41.3 Å². The second-order valence-electron chi connectivity index (χ2n) is 5.98. The summed E-state index contributed by atoms with van der Waals surface area (Å²) in [5, 5.41) is 2.00. The SMILES string of the molecule is CCN(CC)S(=O)(=O)c1ccc(Cl)c(C(=O)OCC(=O)Nc2cc(F)ccc2F)c1. The molecule has 0 bridgehead atoms. The maximum Gasteiger partial charge on any atom is 0.340 e. The van der Waals surface area contributed by atoms with Gasteiger partial charge in [0.2, 0.25) is 10.0 Å². The van der Waals surface area contributed by atoms with E-state index in [1.807, 2.05) is 0 Å². The second-order valence-corrected chi connectivity index (χ2v) is 8.32. The zero-order valence-electron chi connectivity index (χ0n) is 16.1. The van der Waals surface area contributed by atoms with Crippen LogP contribution in [-0.2, 0) is 19.6 Å². The average Bonchev–Trinajstić information content (AvgIpc) is 2.69. The van der Waals surface area contributed by atoms with Crippen LogP contribution in [0.3, 0.4) is 0 Å². The Morgan fingerprint density at radius 1 is 1.10 bits per heavy atom. The monoisotopic (exact) mass is 460 g/mol. The van der Waals surface area contributed by atoms with Crippen molar-refractivity contribution >= 4 is 39.2 Å². The van der Waals surface area contributed by atoms with Gasteiger partial charge >= 0.3 is 5.97 Å². The molecular formula is C19H19ClF2N2O5S. The Bertz CT molecular complexity index is 1060. The number of benzene rings is 2. The largest absolute Gasteiger partial charge is 0.452 e. The van der Waals surface area contributed by atoms with Gasteiger partial charge in [-0.25, -0.2) is 22.0 Å². The number of amides is 1. The molecular weight excluding hydrogens is 442 g/mol. The number of anilines is 1. The third kappa shape index (κ3) is 5.53. The second kappa shape index (κ2) is 9.96. The van der Waals surface area contributed by atoms with E-state index in [9.17, 15) is 26.8 Å². The highest BCUT2D eigenvalue weighted by Crippen LogP contribution is 2.24. The molecule has 7 nitrogen and oxygen atoms in total. The quantitative estimate of drug-likeness (QED) is 0.609. The van der Waals surface area contributed by atoms with Crippen molar-refractivity contribution in [1.82, 2.24) is 4.31 Å². The van der Waals surface area contributed by atoms with Gasteiger partial charge in [-0.05, 0) is 30.3 Å². The van der Waals surface area contributed by atoms with Crippen molar-refractivity contribution in [2.24, 2.45) is 0 Å². The minimum absolute atomic E-state index is 0.0740. The molecule has 0 aliphatic heterocycles. The van der Waals surface area contributed by atoms with E-state index in [0.717, 1.165) is 24.3 Å². The van der Waals surface area contributed by atoms with Gasteiger partial charge in [0.1, 0.15) is 11.6 Å². The lowest BCUT2D eigenvalue weighted by Gasteiger charge is -2.19. The number of hydrogen-bond acceptors (Lipinski definition) is 5.